The monoisotopic (exact) mass is 415 g/mol. The smallest absolute Gasteiger partial charge is 0.245 e. The van der Waals surface area contributed by atoms with Gasteiger partial charge < -0.3 is 4.52 Å². The molecule has 0 amide bonds. The number of rotatable bonds is 5. The maximum Gasteiger partial charge on any atom is 0.245 e. The zero-order valence-electron chi connectivity index (χ0n) is 16.2. The Morgan fingerprint density at radius 1 is 1.10 bits per heavy atom. The van der Waals surface area contributed by atoms with E-state index >= 15 is 0 Å². The lowest BCUT2D eigenvalue weighted by molar-refractivity contribution is 0.290. The molecule has 0 aliphatic carbocycles. The summed E-state index contributed by atoms with van der Waals surface area (Å²) in [5.41, 5.74) is 1.70. The van der Waals surface area contributed by atoms with Crippen LogP contribution in [0.25, 0.3) is 11.4 Å². The highest BCUT2D eigenvalue weighted by molar-refractivity contribution is 7.89. The van der Waals surface area contributed by atoms with Gasteiger partial charge in [-0.1, -0.05) is 31.1 Å². The van der Waals surface area contributed by atoms with E-state index in [-0.39, 0.29) is 16.6 Å². The van der Waals surface area contributed by atoms with E-state index in [9.17, 15) is 12.8 Å². The van der Waals surface area contributed by atoms with Gasteiger partial charge in [-0.3, -0.25) is 0 Å². The third-order valence-corrected chi connectivity index (χ3v) is 7.11. The molecule has 8 heteroatoms. The van der Waals surface area contributed by atoms with Crippen LogP contribution in [0.1, 0.15) is 50.1 Å². The Morgan fingerprint density at radius 3 is 2.45 bits per heavy atom. The number of sulfonamides is 1. The summed E-state index contributed by atoms with van der Waals surface area (Å²) in [6.07, 6.45) is 1.32. The van der Waals surface area contributed by atoms with E-state index in [4.69, 9.17) is 4.52 Å². The first-order valence-electron chi connectivity index (χ1n) is 9.57. The standard InChI is InChI=1S/C21H22FN3O3S/c1-14(2)15-7-11-18(12-8-15)29(26,27)25-13-3-4-19(25)21-23-20(24-28-21)16-5-9-17(22)10-6-16/h5-12,14,19H,3-4,13H2,1-2H3/t19-/m1/s1. The lowest BCUT2D eigenvalue weighted by Gasteiger charge is -2.21. The van der Waals surface area contributed by atoms with Crippen molar-refractivity contribution in [1.29, 1.82) is 0 Å². The average molecular weight is 415 g/mol. The largest absolute Gasteiger partial charge is 0.337 e. The highest BCUT2D eigenvalue weighted by Gasteiger charge is 2.39. The third-order valence-electron chi connectivity index (χ3n) is 5.19. The van der Waals surface area contributed by atoms with Crippen molar-refractivity contribution in [2.24, 2.45) is 0 Å². The van der Waals surface area contributed by atoms with Crippen molar-refractivity contribution in [3.05, 3.63) is 65.8 Å². The first kappa shape index (κ1) is 19.7. The van der Waals surface area contributed by atoms with Gasteiger partial charge in [-0.05, 0) is 60.7 Å². The minimum atomic E-state index is -3.68. The Bertz CT molecular complexity index is 1090. The molecule has 1 aliphatic rings. The van der Waals surface area contributed by atoms with Crippen molar-refractivity contribution in [1.82, 2.24) is 14.4 Å². The van der Waals surface area contributed by atoms with Crippen LogP contribution in [-0.2, 0) is 10.0 Å². The summed E-state index contributed by atoms with van der Waals surface area (Å²) in [5, 5.41) is 3.95. The van der Waals surface area contributed by atoms with Gasteiger partial charge in [0.1, 0.15) is 11.9 Å². The Kier molecular flexibility index (Phi) is 5.23. The van der Waals surface area contributed by atoms with Gasteiger partial charge in [0.2, 0.25) is 21.7 Å². The molecule has 29 heavy (non-hydrogen) atoms. The van der Waals surface area contributed by atoms with E-state index in [2.05, 4.69) is 24.0 Å². The van der Waals surface area contributed by atoms with Gasteiger partial charge in [-0.15, -0.1) is 0 Å². The van der Waals surface area contributed by atoms with Crippen LogP contribution in [0, 0.1) is 5.82 Å². The maximum atomic E-state index is 13.2. The molecule has 0 radical (unpaired) electrons. The van der Waals surface area contributed by atoms with Gasteiger partial charge in [0.25, 0.3) is 0 Å². The molecule has 0 saturated carbocycles. The summed E-state index contributed by atoms with van der Waals surface area (Å²) in [6, 6.07) is 12.2. The average Bonchev–Trinajstić information content (AvgIpc) is 3.38. The highest BCUT2D eigenvalue weighted by atomic mass is 32.2. The molecule has 0 unspecified atom stereocenters. The van der Waals surface area contributed by atoms with Crippen LogP contribution in [0.3, 0.4) is 0 Å². The molecule has 0 spiro atoms. The Morgan fingerprint density at radius 2 is 1.79 bits per heavy atom. The first-order chi connectivity index (χ1) is 13.9. The van der Waals surface area contributed by atoms with Gasteiger partial charge in [-0.2, -0.15) is 9.29 Å². The molecule has 0 N–H and O–H groups in total. The van der Waals surface area contributed by atoms with Crippen molar-refractivity contribution in [3.63, 3.8) is 0 Å². The summed E-state index contributed by atoms with van der Waals surface area (Å²) in [7, 11) is -3.68. The molecule has 1 atom stereocenters. The molecule has 1 saturated heterocycles. The number of hydrogen-bond acceptors (Lipinski definition) is 5. The van der Waals surface area contributed by atoms with Crippen LogP contribution < -0.4 is 0 Å². The zero-order chi connectivity index (χ0) is 20.6. The van der Waals surface area contributed by atoms with Crippen LogP contribution in [0.5, 0.6) is 0 Å². The van der Waals surface area contributed by atoms with Gasteiger partial charge in [0.15, 0.2) is 0 Å². The minimum absolute atomic E-state index is 0.254. The molecule has 6 nitrogen and oxygen atoms in total. The van der Waals surface area contributed by atoms with E-state index in [1.165, 1.54) is 16.4 Å². The number of hydrogen-bond donors (Lipinski definition) is 0. The van der Waals surface area contributed by atoms with Crippen LogP contribution >= 0.6 is 0 Å². The van der Waals surface area contributed by atoms with E-state index in [0.29, 0.717) is 36.7 Å². The van der Waals surface area contributed by atoms with Crippen molar-refractivity contribution in [2.75, 3.05) is 6.54 Å². The quantitative estimate of drug-likeness (QED) is 0.612. The lowest BCUT2D eigenvalue weighted by Crippen LogP contribution is -2.30. The summed E-state index contributed by atoms with van der Waals surface area (Å²) in [5.74, 6) is 0.540. The zero-order valence-corrected chi connectivity index (χ0v) is 17.1. The van der Waals surface area contributed by atoms with E-state index in [1.807, 2.05) is 12.1 Å². The fourth-order valence-electron chi connectivity index (χ4n) is 3.52. The molecule has 2 aromatic carbocycles. The van der Waals surface area contributed by atoms with Crippen molar-refractivity contribution >= 4 is 10.0 Å². The van der Waals surface area contributed by atoms with Crippen molar-refractivity contribution < 1.29 is 17.3 Å². The van der Waals surface area contributed by atoms with E-state index in [1.54, 1.807) is 24.3 Å². The molecule has 1 aliphatic heterocycles. The van der Waals surface area contributed by atoms with E-state index in [0.717, 1.165) is 5.56 Å². The molecular weight excluding hydrogens is 393 g/mol. The molecular formula is C21H22FN3O3S. The second kappa shape index (κ2) is 7.68. The summed E-state index contributed by atoms with van der Waals surface area (Å²) >= 11 is 0. The fraction of sp³-hybridized carbons (Fsp3) is 0.333. The summed E-state index contributed by atoms with van der Waals surface area (Å²) in [4.78, 5) is 4.64. The number of aromatic nitrogens is 2. The minimum Gasteiger partial charge on any atom is -0.337 e. The van der Waals surface area contributed by atoms with Gasteiger partial charge in [0, 0.05) is 12.1 Å². The molecule has 152 valence electrons. The second-order valence-electron chi connectivity index (χ2n) is 7.46. The third kappa shape index (κ3) is 3.82. The van der Waals surface area contributed by atoms with Crippen LogP contribution in [0.15, 0.2) is 57.9 Å². The van der Waals surface area contributed by atoms with Crippen molar-refractivity contribution in [3.8, 4) is 11.4 Å². The Labute approximate surface area is 169 Å². The Balaban J connectivity index is 1.61. The topological polar surface area (TPSA) is 76.3 Å². The molecule has 4 rings (SSSR count). The van der Waals surface area contributed by atoms with Crippen LogP contribution in [-0.4, -0.2) is 29.4 Å². The van der Waals surface area contributed by atoms with Crippen LogP contribution in [0.4, 0.5) is 4.39 Å². The van der Waals surface area contributed by atoms with E-state index < -0.39 is 16.1 Å². The molecule has 1 aromatic heterocycles. The van der Waals surface area contributed by atoms with Crippen LogP contribution in [0.2, 0.25) is 0 Å². The number of nitrogens with zero attached hydrogens (tertiary/aromatic N) is 3. The molecule has 2 heterocycles. The second-order valence-corrected chi connectivity index (χ2v) is 9.35. The lowest BCUT2D eigenvalue weighted by atomic mass is 10.0. The predicted octanol–water partition coefficient (Wildman–Crippen LogP) is 4.52. The molecule has 0 bridgehead atoms. The molecule has 1 fully saturated rings. The maximum absolute atomic E-state index is 13.2. The van der Waals surface area contributed by atoms with Gasteiger partial charge >= 0.3 is 0 Å². The predicted molar refractivity (Wildman–Crippen MR) is 106 cm³/mol. The van der Waals surface area contributed by atoms with Gasteiger partial charge in [-0.25, -0.2) is 12.8 Å². The summed E-state index contributed by atoms with van der Waals surface area (Å²) < 4.78 is 46.4. The summed E-state index contributed by atoms with van der Waals surface area (Å²) in [6.45, 7) is 4.52. The SMILES string of the molecule is CC(C)c1ccc(S(=O)(=O)N2CCC[C@@H]2c2nc(-c3ccc(F)cc3)no2)cc1. The normalized spacial score (nSPS) is 17.9. The molecule has 3 aromatic rings. The first-order valence-corrected chi connectivity index (χ1v) is 11.0. The van der Waals surface area contributed by atoms with Gasteiger partial charge in [0.05, 0.1) is 4.90 Å². The highest BCUT2D eigenvalue weighted by Crippen LogP contribution is 2.36. The number of halogens is 1. The Hall–Kier alpha value is -2.58. The number of benzene rings is 2. The van der Waals surface area contributed by atoms with Crippen molar-refractivity contribution in [2.45, 2.75) is 43.5 Å². The fourth-order valence-corrected chi connectivity index (χ4v) is 5.17.